The lowest BCUT2D eigenvalue weighted by molar-refractivity contribution is 0.601. The fourth-order valence-electron chi connectivity index (χ4n) is 2.95. The highest BCUT2D eigenvalue weighted by Crippen LogP contribution is 2.21. The van der Waals surface area contributed by atoms with E-state index in [1.807, 2.05) is 42.5 Å². The number of halogens is 1. The zero-order chi connectivity index (χ0) is 20.3. The van der Waals surface area contributed by atoms with Crippen molar-refractivity contribution in [2.24, 2.45) is 4.99 Å². The first-order valence-electron chi connectivity index (χ1n) is 8.92. The molecule has 0 aromatic heterocycles. The van der Waals surface area contributed by atoms with Crippen LogP contribution in [0.3, 0.4) is 0 Å². The molecule has 0 heterocycles. The Balaban J connectivity index is 1.54. The van der Waals surface area contributed by atoms with Gasteiger partial charge in [0.2, 0.25) is 0 Å². The first-order chi connectivity index (χ1) is 14.0. The Bertz CT molecular complexity index is 1280. The van der Waals surface area contributed by atoms with Crippen molar-refractivity contribution in [3.63, 3.8) is 0 Å². The summed E-state index contributed by atoms with van der Waals surface area (Å²) in [4.78, 5) is 4.56. The number of fused-ring (bicyclic) bond motifs is 1. The summed E-state index contributed by atoms with van der Waals surface area (Å²) in [6, 6.07) is 25.4. The summed E-state index contributed by atoms with van der Waals surface area (Å²) in [7, 11) is -3.76. The highest BCUT2D eigenvalue weighted by atomic mass is 32.2. The third kappa shape index (κ3) is 4.33. The maximum atomic E-state index is 13.0. The predicted octanol–water partition coefficient (Wildman–Crippen LogP) is 5.53. The van der Waals surface area contributed by atoms with Crippen molar-refractivity contribution in [1.82, 2.24) is 0 Å². The first kappa shape index (κ1) is 18.8. The van der Waals surface area contributed by atoms with Gasteiger partial charge in [-0.1, -0.05) is 42.5 Å². The van der Waals surface area contributed by atoms with Gasteiger partial charge in [-0.2, -0.15) is 0 Å². The van der Waals surface area contributed by atoms with Crippen molar-refractivity contribution >= 4 is 38.4 Å². The minimum atomic E-state index is -3.76. The lowest BCUT2D eigenvalue weighted by Gasteiger charge is -2.08. The summed E-state index contributed by atoms with van der Waals surface area (Å²) in [5.41, 5.74) is 1.92. The maximum Gasteiger partial charge on any atom is 0.261 e. The van der Waals surface area contributed by atoms with Crippen molar-refractivity contribution in [3.05, 3.63) is 102 Å². The Labute approximate surface area is 168 Å². The standard InChI is InChI=1S/C23H17FN2O2S/c24-19-8-10-21(11-9-19)26-29(27,28)22-14-12-20(13-15-22)25-16-18-6-3-5-17-4-1-2-7-23(17)18/h1-16,26H. The van der Waals surface area contributed by atoms with Crippen LogP contribution in [-0.4, -0.2) is 14.6 Å². The molecule has 0 spiro atoms. The summed E-state index contributed by atoms with van der Waals surface area (Å²) in [6.07, 6.45) is 1.77. The number of nitrogens with one attached hydrogen (secondary N) is 1. The van der Waals surface area contributed by atoms with Gasteiger partial charge in [0.1, 0.15) is 5.82 Å². The largest absolute Gasteiger partial charge is 0.280 e. The van der Waals surface area contributed by atoms with Crippen molar-refractivity contribution in [2.45, 2.75) is 4.90 Å². The molecule has 0 saturated carbocycles. The monoisotopic (exact) mass is 404 g/mol. The van der Waals surface area contributed by atoms with Gasteiger partial charge in [-0.15, -0.1) is 0 Å². The molecule has 144 valence electrons. The number of sulfonamides is 1. The second-order valence-corrected chi connectivity index (χ2v) is 8.12. The van der Waals surface area contributed by atoms with E-state index in [1.165, 1.54) is 36.4 Å². The molecule has 4 aromatic carbocycles. The van der Waals surface area contributed by atoms with E-state index >= 15 is 0 Å². The Morgan fingerprint density at radius 3 is 2.24 bits per heavy atom. The van der Waals surface area contributed by atoms with E-state index in [0.29, 0.717) is 11.4 Å². The topological polar surface area (TPSA) is 58.5 Å². The van der Waals surface area contributed by atoms with E-state index in [1.54, 1.807) is 18.3 Å². The van der Waals surface area contributed by atoms with Crippen LogP contribution in [-0.2, 0) is 10.0 Å². The molecule has 0 unspecified atom stereocenters. The minimum absolute atomic E-state index is 0.103. The fraction of sp³-hybridized carbons (Fsp3) is 0. The molecule has 6 heteroatoms. The molecule has 4 aromatic rings. The van der Waals surface area contributed by atoms with Crippen LogP contribution in [0.4, 0.5) is 15.8 Å². The number of rotatable bonds is 5. The first-order valence-corrected chi connectivity index (χ1v) is 10.4. The van der Waals surface area contributed by atoms with Gasteiger partial charge in [-0.05, 0) is 59.3 Å². The summed E-state index contributed by atoms with van der Waals surface area (Å²) < 4.78 is 40.4. The van der Waals surface area contributed by atoms with Crippen LogP contribution in [0, 0.1) is 5.82 Å². The number of hydrogen-bond acceptors (Lipinski definition) is 3. The molecule has 4 nitrogen and oxygen atoms in total. The summed E-state index contributed by atoms with van der Waals surface area (Å²) in [5, 5.41) is 2.23. The normalized spacial score (nSPS) is 11.8. The molecule has 0 saturated heterocycles. The van der Waals surface area contributed by atoms with Gasteiger partial charge in [-0.25, -0.2) is 12.8 Å². The van der Waals surface area contributed by atoms with Gasteiger partial charge in [0, 0.05) is 17.5 Å². The molecule has 0 bridgehead atoms. The SMILES string of the molecule is O=S(=O)(Nc1ccc(F)cc1)c1ccc(N=Cc2cccc3ccccc23)cc1. The molecule has 0 aliphatic rings. The van der Waals surface area contributed by atoms with Gasteiger partial charge >= 0.3 is 0 Å². The molecule has 1 N–H and O–H groups in total. The molecule has 0 atom stereocenters. The molecule has 4 rings (SSSR count). The number of hydrogen-bond donors (Lipinski definition) is 1. The van der Waals surface area contributed by atoms with Gasteiger partial charge in [0.15, 0.2) is 0 Å². The lowest BCUT2D eigenvalue weighted by Crippen LogP contribution is -2.12. The third-order valence-electron chi connectivity index (χ3n) is 4.42. The average molecular weight is 404 g/mol. The summed E-state index contributed by atoms with van der Waals surface area (Å²) >= 11 is 0. The Hall–Kier alpha value is -3.51. The zero-order valence-electron chi connectivity index (χ0n) is 15.3. The van der Waals surface area contributed by atoms with E-state index < -0.39 is 15.8 Å². The fourth-order valence-corrected chi connectivity index (χ4v) is 4.01. The van der Waals surface area contributed by atoms with E-state index in [9.17, 15) is 12.8 Å². The number of nitrogens with zero attached hydrogens (tertiary/aromatic N) is 1. The van der Waals surface area contributed by atoms with E-state index in [-0.39, 0.29) is 4.90 Å². The number of benzene rings is 4. The van der Waals surface area contributed by atoms with Crippen molar-refractivity contribution in [3.8, 4) is 0 Å². The van der Waals surface area contributed by atoms with E-state index in [2.05, 4.69) is 9.71 Å². The molecule has 0 radical (unpaired) electrons. The molecule has 0 aliphatic heterocycles. The van der Waals surface area contributed by atoms with Crippen LogP contribution in [0.1, 0.15) is 5.56 Å². The van der Waals surface area contributed by atoms with Crippen LogP contribution in [0.5, 0.6) is 0 Å². The molecule has 0 aliphatic carbocycles. The quantitative estimate of drug-likeness (QED) is 0.445. The Morgan fingerprint density at radius 1 is 0.793 bits per heavy atom. The second-order valence-electron chi connectivity index (χ2n) is 6.43. The summed E-state index contributed by atoms with van der Waals surface area (Å²) in [6.45, 7) is 0. The average Bonchev–Trinajstić information content (AvgIpc) is 2.74. The van der Waals surface area contributed by atoms with Crippen LogP contribution in [0.25, 0.3) is 10.8 Å². The van der Waals surface area contributed by atoms with E-state index in [0.717, 1.165) is 16.3 Å². The van der Waals surface area contributed by atoms with Crippen molar-refractivity contribution < 1.29 is 12.8 Å². The minimum Gasteiger partial charge on any atom is -0.280 e. The molecular weight excluding hydrogens is 387 g/mol. The summed E-state index contributed by atoms with van der Waals surface area (Å²) in [5.74, 6) is -0.429. The lowest BCUT2D eigenvalue weighted by atomic mass is 10.1. The highest BCUT2D eigenvalue weighted by molar-refractivity contribution is 7.92. The van der Waals surface area contributed by atoms with Crippen LogP contribution in [0.2, 0.25) is 0 Å². The predicted molar refractivity (Wildman–Crippen MR) is 115 cm³/mol. The highest BCUT2D eigenvalue weighted by Gasteiger charge is 2.14. The smallest absolute Gasteiger partial charge is 0.261 e. The zero-order valence-corrected chi connectivity index (χ0v) is 16.1. The third-order valence-corrected chi connectivity index (χ3v) is 5.82. The molecule has 0 amide bonds. The van der Waals surface area contributed by atoms with Gasteiger partial charge < -0.3 is 0 Å². The molecule has 0 fully saturated rings. The Kier molecular flexibility index (Phi) is 5.10. The van der Waals surface area contributed by atoms with E-state index in [4.69, 9.17) is 0 Å². The van der Waals surface area contributed by atoms with Crippen molar-refractivity contribution in [2.75, 3.05) is 4.72 Å². The maximum absolute atomic E-state index is 13.0. The van der Waals surface area contributed by atoms with Crippen LogP contribution in [0.15, 0.2) is 101 Å². The van der Waals surface area contributed by atoms with Crippen molar-refractivity contribution in [1.29, 1.82) is 0 Å². The number of anilines is 1. The molecule has 29 heavy (non-hydrogen) atoms. The molecular formula is C23H17FN2O2S. The Morgan fingerprint density at radius 2 is 1.48 bits per heavy atom. The second kappa shape index (κ2) is 7.85. The van der Waals surface area contributed by atoms with Crippen LogP contribution >= 0.6 is 0 Å². The van der Waals surface area contributed by atoms with Gasteiger partial charge in [0.25, 0.3) is 10.0 Å². The number of aliphatic imine (C=N–C) groups is 1. The van der Waals surface area contributed by atoms with Crippen LogP contribution < -0.4 is 4.72 Å². The van der Waals surface area contributed by atoms with Gasteiger partial charge in [-0.3, -0.25) is 9.71 Å². The van der Waals surface area contributed by atoms with Gasteiger partial charge in [0.05, 0.1) is 10.6 Å².